The molecule has 0 aliphatic carbocycles. The highest BCUT2D eigenvalue weighted by molar-refractivity contribution is 6.35. The van der Waals surface area contributed by atoms with Crippen LogP contribution >= 0.6 is 11.6 Å². The van der Waals surface area contributed by atoms with Gasteiger partial charge < -0.3 is 5.73 Å². The van der Waals surface area contributed by atoms with Gasteiger partial charge in [0.15, 0.2) is 0 Å². The van der Waals surface area contributed by atoms with Gasteiger partial charge in [0.1, 0.15) is 11.6 Å². The Morgan fingerprint density at radius 3 is 2.77 bits per heavy atom. The van der Waals surface area contributed by atoms with Gasteiger partial charge >= 0.3 is 0 Å². The predicted molar refractivity (Wildman–Crippen MR) is 88.6 cm³/mol. The molecule has 2 heterocycles. The number of hydrogen-bond acceptors (Lipinski definition) is 4. The van der Waals surface area contributed by atoms with E-state index in [4.69, 9.17) is 17.3 Å². The molecule has 1 aromatic carbocycles. The zero-order valence-corrected chi connectivity index (χ0v) is 12.8. The molecule has 22 heavy (non-hydrogen) atoms. The molecule has 6 heteroatoms. The molecule has 3 rings (SSSR count). The molecule has 0 fully saturated rings. The van der Waals surface area contributed by atoms with Gasteiger partial charge in [-0.3, -0.25) is 9.36 Å². The number of anilines is 1. The molecule has 0 bridgehead atoms. The van der Waals surface area contributed by atoms with Gasteiger partial charge in [0.25, 0.3) is 5.56 Å². The van der Waals surface area contributed by atoms with Crippen LogP contribution in [0.25, 0.3) is 16.6 Å². The van der Waals surface area contributed by atoms with Crippen molar-refractivity contribution >= 4 is 28.3 Å². The fourth-order valence-electron chi connectivity index (χ4n) is 2.42. The van der Waals surface area contributed by atoms with Crippen molar-refractivity contribution in [3.05, 3.63) is 57.7 Å². The van der Waals surface area contributed by atoms with Crippen LogP contribution in [-0.4, -0.2) is 14.5 Å². The third-order valence-electron chi connectivity index (χ3n) is 3.42. The molecule has 2 aromatic heterocycles. The van der Waals surface area contributed by atoms with E-state index in [1.54, 1.807) is 41.1 Å². The topological polar surface area (TPSA) is 73.8 Å². The summed E-state index contributed by atoms with van der Waals surface area (Å²) >= 11 is 6.19. The lowest BCUT2D eigenvalue weighted by molar-refractivity contribution is 0.773. The lowest BCUT2D eigenvalue weighted by Gasteiger charge is -2.13. The van der Waals surface area contributed by atoms with Gasteiger partial charge in [-0.05, 0) is 30.7 Å². The van der Waals surface area contributed by atoms with Gasteiger partial charge in [0, 0.05) is 6.42 Å². The fraction of sp³-hybridized carbons (Fsp3) is 0.188. The van der Waals surface area contributed by atoms with Gasteiger partial charge in [-0.25, -0.2) is 9.97 Å². The summed E-state index contributed by atoms with van der Waals surface area (Å²) in [5.74, 6) is 1.09. The Kier molecular flexibility index (Phi) is 3.81. The van der Waals surface area contributed by atoms with E-state index in [1.165, 1.54) is 0 Å². The fourth-order valence-corrected chi connectivity index (χ4v) is 2.67. The summed E-state index contributed by atoms with van der Waals surface area (Å²) in [4.78, 5) is 21.6. The van der Waals surface area contributed by atoms with Crippen LogP contribution in [0.3, 0.4) is 0 Å². The number of fused-ring (bicyclic) bond motifs is 1. The number of aryl methyl sites for hydroxylation is 1. The smallest absolute Gasteiger partial charge is 0.267 e. The zero-order valence-electron chi connectivity index (χ0n) is 12.1. The van der Waals surface area contributed by atoms with Gasteiger partial charge in [-0.15, -0.1) is 0 Å². The van der Waals surface area contributed by atoms with E-state index in [1.807, 2.05) is 6.92 Å². The minimum absolute atomic E-state index is 0.189. The van der Waals surface area contributed by atoms with Crippen LogP contribution in [-0.2, 0) is 6.42 Å². The minimum Gasteiger partial charge on any atom is -0.384 e. The van der Waals surface area contributed by atoms with Crippen molar-refractivity contribution in [2.24, 2.45) is 0 Å². The second kappa shape index (κ2) is 5.77. The molecule has 0 saturated heterocycles. The van der Waals surface area contributed by atoms with Crippen molar-refractivity contribution in [1.29, 1.82) is 0 Å². The third-order valence-corrected chi connectivity index (χ3v) is 3.73. The Bertz CT molecular complexity index is 887. The van der Waals surface area contributed by atoms with E-state index in [2.05, 4.69) is 9.97 Å². The molecular weight excluding hydrogens is 300 g/mol. The lowest BCUT2D eigenvalue weighted by atomic mass is 10.2. The molecule has 0 saturated carbocycles. The van der Waals surface area contributed by atoms with Crippen molar-refractivity contribution in [2.45, 2.75) is 19.8 Å². The normalized spacial score (nSPS) is 11.0. The summed E-state index contributed by atoms with van der Waals surface area (Å²) in [6.45, 7) is 2.04. The van der Waals surface area contributed by atoms with E-state index < -0.39 is 0 Å². The van der Waals surface area contributed by atoms with Crippen LogP contribution in [0.4, 0.5) is 5.82 Å². The second-order valence-corrected chi connectivity index (χ2v) is 5.40. The number of aromatic nitrogens is 3. The summed E-state index contributed by atoms with van der Waals surface area (Å²) in [5, 5.41) is 0.816. The number of pyridine rings is 1. The van der Waals surface area contributed by atoms with E-state index in [0.717, 1.165) is 6.42 Å². The summed E-state index contributed by atoms with van der Waals surface area (Å²) in [7, 11) is 0. The molecule has 3 aromatic rings. The van der Waals surface area contributed by atoms with Crippen molar-refractivity contribution < 1.29 is 0 Å². The Hall–Kier alpha value is -2.40. The number of benzene rings is 1. The van der Waals surface area contributed by atoms with Crippen LogP contribution < -0.4 is 11.3 Å². The average molecular weight is 315 g/mol. The van der Waals surface area contributed by atoms with Crippen molar-refractivity contribution in [3.8, 4) is 5.69 Å². The predicted octanol–water partition coefficient (Wildman–Crippen LogP) is 2.97. The molecule has 112 valence electrons. The summed E-state index contributed by atoms with van der Waals surface area (Å²) in [6, 6.07) is 8.70. The molecule has 0 radical (unpaired) electrons. The van der Waals surface area contributed by atoms with E-state index in [9.17, 15) is 4.79 Å². The Labute approximate surface area is 132 Å². The van der Waals surface area contributed by atoms with Gasteiger partial charge in [-0.2, -0.15) is 0 Å². The van der Waals surface area contributed by atoms with Crippen LogP contribution in [0.5, 0.6) is 0 Å². The number of nitrogen functional groups attached to an aromatic ring is 1. The maximum Gasteiger partial charge on any atom is 0.267 e. The highest BCUT2D eigenvalue weighted by Gasteiger charge is 2.14. The molecule has 5 nitrogen and oxygen atoms in total. The highest BCUT2D eigenvalue weighted by Crippen LogP contribution is 2.20. The van der Waals surface area contributed by atoms with Gasteiger partial charge in [-0.1, -0.05) is 24.6 Å². The van der Waals surface area contributed by atoms with Crippen LogP contribution in [0.15, 0.2) is 41.3 Å². The van der Waals surface area contributed by atoms with Crippen molar-refractivity contribution in [2.75, 3.05) is 5.73 Å². The molecule has 0 amide bonds. The molecule has 0 spiro atoms. The molecule has 0 aliphatic rings. The first-order valence-corrected chi connectivity index (χ1v) is 7.41. The average Bonchev–Trinajstić information content (AvgIpc) is 2.49. The number of rotatable bonds is 3. The molecule has 0 aliphatic heterocycles. The SMILES string of the molecule is CCCc1nc2cccc(Cl)c2c(=O)n1-c1ccc(N)nc1. The van der Waals surface area contributed by atoms with E-state index >= 15 is 0 Å². The van der Waals surface area contributed by atoms with Crippen molar-refractivity contribution in [1.82, 2.24) is 14.5 Å². The number of halogens is 1. The maximum atomic E-state index is 12.9. The van der Waals surface area contributed by atoms with Crippen LogP contribution in [0.1, 0.15) is 19.2 Å². The monoisotopic (exact) mass is 314 g/mol. The first-order chi connectivity index (χ1) is 10.6. The largest absolute Gasteiger partial charge is 0.384 e. The Morgan fingerprint density at radius 2 is 2.09 bits per heavy atom. The standard InChI is InChI=1S/C16H15ClN4O/c1-2-4-14-20-12-6-3-5-11(17)15(12)16(22)21(14)10-7-8-13(18)19-9-10/h3,5-9H,2,4H2,1H3,(H2,18,19). The molecule has 2 N–H and O–H groups in total. The number of nitrogens with zero attached hydrogens (tertiary/aromatic N) is 3. The minimum atomic E-state index is -0.189. The lowest BCUT2D eigenvalue weighted by Crippen LogP contribution is -2.24. The van der Waals surface area contributed by atoms with E-state index in [0.29, 0.717) is 39.7 Å². The number of nitrogens with two attached hydrogens (primary N) is 1. The van der Waals surface area contributed by atoms with Crippen molar-refractivity contribution in [3.63, 3.8) is 0 Å². The first-order valence-electron chi connectivity index (χ1n) is 7.04. The van der Waals surface area contributed by atoms with E-state index in [-0.39, 0.29) is 5.56 Å². The summed E-state index contributed by atoms with van der Waals surface area (Å²) < 4.78 is 1.56. The molecular formula is C16H15ClN4O. The quantitative estimate of drug-likeness (QED) is 0.806. The molecule has 0 unspecified atom stereocenters. The van der Waals surface area contributed by atoms with Gasteiger partial charge in [0.05, 0.1) is 27.8 Å². The van der Waals surface area contributed by atoms with Gasteiger partial charge in [0.2, 0.25) is 0 Å². The Balaban J connectivity index is 2.38. The maximum absolute atomic E-state index is 12.9. The third kappa shape index (κ3) is 2.44. The van der Waals surface area contributed by atoms with Crippen LogP contribution in [0, 0.1) is 0 Å². The van der Waals surface area contributed by atoms with Crippen LogP contribution in [0.2, 0.25) is 5.02 Å². The zero-order chi connectivity index (χ0) is 15.7. The Morgan fingerprint density at radius 1 is 1.27 bits per heavy atom. The summed E-state index contributed by atoms with van der Waals surface area (Å²) in [5.41, 5.74) is 6.68. The summed E-state index contributed by atoms with van der Waals surface area (Å²) in [6.07, 6.45) is 3.13. The number of hydrogen-bond donors (Lipinski definition) is 1. The first kappa shape index (κ1) is 14.5. The second-order valence-electron chi connectivity index (χ2n) is 4.99. The highest BCUT2D eigenvalue weighted by atomic mass is 35.5. The molecule has 0 atom stereocenters.